The van der Waals surface area contributed by atoms with Gasteiger partial charge in [0.1, 0.15) is 0 Å². The van der Waals surface area contributed by atoms with Crippen LogP contribution in [0.1, 0.15) is 11.1 Å². The fourth-order valence-electron chi connectivity index (χ4n) is 1.91. The largest absolute Gasteiger partial charge is 0.0843 e. The van der Waals surface area contributed by atoms with Crippen LogP contribution >= 0.6 is 27.5 Å². The first-order valence-corrected chi connectivity index (χ1v) is 6.28. The predicted molar refractivity (Wildman–Crippen MR) is 74.1 cm³/mol. The first-order chi connectivity index (χ1) is 7.59. The Kier molecular flexibility index (Phi) is 3.36. The summed E-state index contributed by atoms with van der Waals surface area (Å²) < 4.78 is 1.13. The van der Waals surface area contributed by atoms with Crippen molar-refractivity contribution in [3.8, 4) is 11.1 Å². The van der Waals surface area contributed by atoms with Crippen LogP contribution in [0, 0.1) is 13.8 Å². The zero-order valence-electron chi connectivity index (χ0n) is 9.22. The van der Waals surface area contributed by atoms with Crippen LogP contribution in [0.4, 0.5) is 0 Å². The lowest BCUT2D eigenvalue weighted by atomic mass is 9.96. The molecule has 2 aromatic rings. The summed E-state index contributed by atoms with van der Waals surface area (Å²) in [6.45, 7) is 4.24. The second-order valence-electron chi connectivity index (χ2n) is 3.87. The highest BCUT2D eigenvalue weighted by Gasteiger charge is 2.08. The van der Waals surface area contributed by atoms with E-state index in [-0.39, 0.29) is 0 Å². The number of hydrogen-bond acceptors (Lipinski definition) is 0. The third-order valence-corrected chi connectivity index (χ3v) is 3.81. The highest BCUT2D eigenvalue weighted by molar-refractivity contribution is 9.10. The second-order valence-corrected chi connectivity index (χ2v) is 5.17. The molecule has 0 N–H and O–H groups in total. The molecular formula is C14H12BrCl. The summed E-state index contributed by atoms with van der Waals surface area (Å²) in [5.41, 5.74) is 4.95. The van der Waals surface area contributed by atoms with Crippen LogP contribution in [0.15, 0.2) is 40.9 Å². The Morgan fingerprint density at radius 2 is 1.81 bits per heavy atom. The van der Waals surface area contributed by atoms with Crippen LogP contribution in [0.3, 0.4) is 0 Å². The van der Waals surface area contributed by atoms with Crippen molar-refractivity contribution in [3.63, 3.8) is 0 Å². The van der Waals surface area contributed by atoms with Crippen molar-refractivity contribution in [1.29, 1.82) is 0 Å². The van der Waals surface area contributed by atoms with Crippen molar-refractivity contribution in [2.45, 2.75) is 13.8 Å². The normalized spacial score (nSPS) is 10.5. The van der Waals surface area contributed by atoms with E-state index >= 15 is 0 Å². The van der Waals surface area contributed by atoms with Crippen LogP contribution in [0.25, 0.3) is 11.1 Å². The SMILES string of the molecule is Cc1ccc(Br)c(C)c1-c1cccc(Cl)c1. The first-order valence-electron chi connectivity index (χ1n) is 5.11. The molecule has 0 saturated carbocycles. The van der Waals surface area contributed by atoms with Crippen LogP contribution in [0.5, 0.6) is 0 Å². The lowest BCUT2D eigenvalue weighted by molar-refractivity contribution is 1.35. The molecule has 2 heteroatoms. The molecule has 0 saturated heterocycles. The molecule has 2 aromatic carbocycles. The number of benzene rings is 2. The Morgan fingerprint density at radius 1 is 1.06 bits per heavy atom. The minimum absolute atomic E-state index is 0.774. The lowest BCUT2D eigenvalue weighted by Crippen LogP contribution is -1.89. The van der Waals surface area contributed by atoms with Crippen LogP contribution in [-0.2, 0) is 0 Å². The van der Waals surface area contributed by atoms with Gasteiger partial charge in [-0.1, -0.05) is 45.7 Å². The van der Waals surface area contributed by atoms with E-state index in [1.54, 1.807) is 0 Å². The van der Waals surface area contributed by atoms with E-state index in [1.807, 2.05) is 18.2 Å². The Balaban J connectivity index is 2.68. The maximum absolute atomic E-state index is 6.03. The van der Waals surface area contributed by atoms with Crippen molar-refractivity contribution in [3.05, 3.63) is 57.0 Å². The van der Waals surface area contributed by atoms with Gasteiger partial charge in [-0.05, 0) is 54.3 Å². The highest BCUT2D eigenvalue weighted by Crippen LogP contribution is 2.32. The van der Waals surface area contributed by atoms with Crippen molar-refractivity contribution in [2.24, 2.45) is 0 Å². The summed E-state index contributed by atoms with van der Waals surface area (Å²) in [4.78, 5) is 0. The molecule has 0 unspecified atom stereocenters. The molecule has 0 bridgehead atoms. The summed E-state index contributed by atoms with van der Waals surface area (Å²) in [6, 6.07) is 12.2. The van der Waals surface area contributed by atoms with E-state index in [0.29, 0.717) is 0 Å². The van der Waals surface area contributed by atoms with E-state index in [1.165, 1.54) is 22.3 Å². The van der Waals surface area contributed by atoms with Gasteiger partial charge in [0.05, 0.1) is 0 Å². The van der Waals surface area contributed by atoms with Gasteiger partial charge >= 0.3 is 0 Å². The number of aryl methyl sites for hydroxylation is 1. The third-order valence-electron chi connectivity index (χ3n) is 2.72. The fraction of sp³-hybridized carbons (Fsp3) is 0.143. The lowest BCUT2D eigenvalue weighted by Gasteiger charge is -2.12. The fourth-order valence-corrected chi connectivity index (χ4v) is 2.43. The molecule has 0 nitrogen and oxygen atoms in total. The van der Waals surface area contributed by atoms with Crippen LogP contribution in [-0.4, -0.2) is 0 Å². The molecule has 82 valence electrons. The van der Waals surface area contributed by atoms with E-state index < -0.39 is 0 Å². The zero-order valence-corrected chi connectivity index (χ0v) is 11.6. The Labute approximate surface area is 109 Å². The monoisotopic (exact) mass is 294 g/mol. The van der Waals surface area contributed by atoms with Crippen molar-refractivity contribution in [2.75, 3.05) is 0 Å². The molecule has 0 amide bonds. The standard InChI is InChI=1S/C14H12BrCl/c1-9-6-7-13(15)10(2)14(9)11-4-3-5-12(16)8-11/h3-8H,1-2H3. The van der Waals surface area contributed by atoms with Gasteiger partial charge < -0.3 is 0 Å². The van der Waals surface area contributed by atoms with Gasteiger partial charge in [0.25, 0.3) is 0 Å². The summed E-state index contributed by atoms with van der Waals surface area (Å²) in [5, 5.41) is 0.774. The molecule has 0 spiro atoms. The summed E-state index contributed by atoms with van der Waals surface area (Å²) in [7, 11) is 0. The number of hydrogen-bond donors (Lipinski definition) is 0. The van der Waals surface area contributed by atoms with Gasteiger partial charge in [-0.2, -0.15) is 0 Å². The molecule has 16 heavy (non-hydrogen) atoms. The number of rotatable bonds is 1. The summed E-state index contributed by atoms with van der Waals surface area (Å²) >= 11 is 9.59. The topological polar surface area (TPSA) is 0 Å². The molecule has 0 aliphatic rings. The molecule has 0 aromatic heterocycles. The second kappa shape index (κ2) is 4.60. The minimum atomic E-state index is 0.774. The molecule has 0 fully saturated rings. The van der Waals surface area contributed by atoms with Gasteiger partial charge in [-0.3, -0.25) is 0 Å². The average molecular weight is 296 g/mol. The molecule has 0 aliphatic heterocycles. The summed E-state index contributed by atoms with van der Waals surface area (Å²) in [6.07, 6.45) is 0. The van der Waals surface area contributed by atoms with Gasteiger partial charge in [0, 0.05) is 9.50 Å². The van der Waals surface area contributed by atoms with Gasteiger partial charge in [-0.15, -0.1) is 0 Å². The molecule has 0 heterocycles. The molecular weight excluding hydrogens is 284 g/mol. The molecule has 2 rings (SSSR count). The van der Waals surface area contributed by atoms with Gasteiger partial charge in [-0.25, -0.2) is 0 Å². The molecule has 0 radical (unpaired) electrons. The molecule has 0 atom stereocenters. The quantitative estimate of drug-likeness (QED) is 0.662. The van der Waals surface area contributed by atoms with Crippen molar-refractivity contribution >= 4 is 27.5 Å². The smallest absolute Gasteiger partial charge is 0.0412 e. The van der Waals surface area contributed by atoms with E-state index in [2.05, 4.69) is 48.0 Å². The maximum Gasteiger partial charge on any atom is 0.0412 e. The van der Waals surface area contributed by atoms with Crippen LogP contribution in [0.2, 0.25) is 5.02 Å². The average Bonchev–Trinajstić information content (AvgIpc) is 2.24. The Hall–Kier alpha value is -0.790. The van der Waals surface area contributed by atoms with E-state index in [9.17, 15) is 0 Å². The van der Waals surface area contributed by atoms with E-state index in [0.717, 1.165) is 9.50 Å². The molecule has 0 aliphatic carbocycles. The van der Waals surface area contributed by atoms with Crippen molar-refractivity contribution < 1.29 is 0 Å². The predicted octanol–water partition coefficient (Wildman–Crippen LogP) is 5.39. The van der Waals surface area contributed by atoms with Gasteiger partial charge in [0.15, 0.2) is 0 Å². The Morgan fingerprint density at radius 3 is 2.50 bits per heavy atom. The summed E-state index contributed by atoms with van der Waals surface area (Å²) in [5.74, 6) is 0. The van der Waals surface area contributed by atoms with Crippen molar-refractivity contribution in [1.82, 2.24) is 0 Å². The van der Waals surface area contributed by atoms with Gasteiger partial charge in [0.2, 0.25) is 0 Å². The third kappa shape index (κ3) is 2.16. The highest BCUT2D eigenvalue weighted by atomic mass is 79.9. The Bertz CT molecular complexity index is 532. The van der Waals surface area contributed by atoms with E-state index in [4.69, 9.17) is 11.6 Å². The first kappa shape index (κ1) is 11.7. The number of halogens is 2. The van der Waals surface area contributed by atoms with Crippen LogP contribution < -0.4 is 0 Å². The zero-order chi connectivity index (χ0) is 11.7. The minimum Gasteiger partial charge on any atom is -0.0843 e. The maximum atomic E-state index is 6.03.